The molecule has 10 heteroatoms. The molecule has 4 N–H and O–H groups in total. The Bertz CT molecular complexity index is 545. The summed E-state index contributed by atoms with van der Waals surface area (Å²) in [7, 11) is -4.42. The van der Waals surface area contributed by atoms with Crippen LogP contribution in [0.4, 0.5) is 0 Å². The molecule has 0 aliphatic rings. The molecule has 0 bridgehead atoms. The molecule has 1 aromatic rings. The number of aromatic nitrogens is 2. The van der Waals surface area contributed by atoms with E-state index < -0.39 is 31.2 Å². The fourth-order valence-corrected chi connectivity index (χ4v) is 1.96. The number of rotatable bonds is 6. The van der Waals surface area contributed by atoms with Crippen molar-refractivity contribution >= 4 is 7.60 Å². The van der Waals surface area contributed by atoms with Gasteiger partial charge in [-0.1, -0.05) is 0 Å². The molecule has 0 aliphatic heterocycles. The van der Waals surface area contributed by atoms with Gasteiger partial charge in [0.1, 0.15) is 6.23 Å². The average molecular weight is 280 g/mol. The Morgan fingerprint density at radius 1 is 1.44 bits per heavy atom. The minimum absolute atomic E-state index is 0.198. The Labute approximate surface area is 101 Å². The molecular weight excluding hydrogens is 267 g/mol. The maximum absolute atomic E-state index is 11.4. The molecule has 1 rings (SSSR count). The summed E-state index contributed by atoms with van der Waals surface area (Å²) in [5.74, 6) is 0. The van der Waals surface area contributed by atoms with E-state index in [2.05, 4.69) is 0 Å². The first kappa shape index (κ1) is 14.8. The van der Waals surface area contributed by atoms with Crippen molar-refractivity contribution in [1.29, 1.82) is 0 Å². The van der Waals surface area contributed by atoms with Gasteiger partial charge in [0, 0.05) is 12.3 Å². The van der Waals surface area contributed by atoms with Gasteiger partial charge < -0.3 is 19.6 Å². The maximum Gasteiger partial charge on any atom is 0.330 e. The lowest BCUT2D eigenvalue weighted by atomic mass is 10.5. The lowest BCUT2D eigenvalue weighted by molar-refractivity contribution is -0.00602. The monoisotopic (exact) mass is 280 g/mol. The molecule has 0 spiro atoms. The third kappa shape index (κ3) is 4.55. The summed E-state index contributed by atoms with van der Waals surface area (Å²) in [6.07, 6.45) is -0.931. The lowest BCUT2D eigenvalue weighted by Gasteiger charge is -2.19. The van der Waals surface area contributed by atoms with Gasteiger partial charge in [-0.05, 0) is 0 Å². The van der Waals surface area contributed by atoms with Crippen molar-refractivity contribution in [2.45, 2.75) is 6.23 Å². The van der Waals surface area contributed by atoms with Crippen molar-refractivity contribution in [2.75, 3.05) is 19.4 Å². The second kappa shape index (κ2) is 6.07. The van der Waals surface area contributed by atoms with Gasteiger partial charge in [0.15, 0.2) is 0 Å². The fourth-order valence-electron chi connectivity index (χ4n) is 1.27. The van der Waals surface area contributed by atoms with E-state index in [-0.39, 0.29) is 13.2 Å². The second-order valence-corrected chi connectivity index (χ2v) is 5.11. The molecule has 0 saturated heterocycles. The fraction of sp³-hybridized carbons (Fsp3) is 0.500. The molecule has 0 radical (unpaired) electrons. The van der Waals surface area contributed by atoms with Crippen LogP contribution in [0.5, 0.6) is 0 Å². The molecular formula is C8H13N2O7P. The van der Waals surface area contributed by atoms with Gasteiger partial charge in [-0.25, -0.2) is 4.79 Å². The molecule has 0 fully saturated rings. The quantitative estimate of drug-likeness (QED) is 0.451. The van der Waals surface area contributed by atoms with Crippen molar-refractivity contribution in [3.05, 3.63) is 33.1 Å². The number of H-pyrrole nitrogens is 1. The van der Waals surface area contributed by atoms with Gasteiger partial charge in [-0.3, -0.25) is 18.9 Å². The van der Waals surface area contributed by atoms with Crippen molar-refractivity contribution < 1.29 is 24.2 Å². The topological polar surface area (TPSA) is 142 Å². The SMILES string of the molecule is O=c1ccn([C@@H](CP(=O)(O)O)OCCO)c(=O)[nH]1. The zero-order chi connectivity index (χ0) is 13.8. The second-order valence-electron chi connectivity index (χ2n) is 3.41. The summed E-state index contributed by atoms with van der Waals surface area (Å²) in [6, 6.07) is 1.02. The van der Waals surface area contributed by atoms with Gasteiger partial charge in [-0.2, -0.15) is 0 Å². The van der Waals surface area contributed by atoms with Crippen LogP contribution in [0, 0.1) is 0 Å². The van der Waals surface area contributed by atoms with Crippen LogP contribution < -0.4 is 11.2 Å². The van der Waals surface area contributed by atoms with Gasteiger partial charge >= 0.3 is 13.3 Å². The molecule has 18 heavy (non-hydrogen) atoms. The highest BCUT2D eigenvalue weighted by Gasteiger charge is 2.24. The van der Waals surface area contributed by atoms with Gasteiger partial charge in [-0.15, -0.1) is 0 Å². The van der Waals surface area contributed by atoms with E-state index in [0.717, 1.165) is 16.8 Å². The predicted octanol–water partition coefficient (Wildman–Crippen LogP) is -1.78. The van der Waals surface area contributed by atoms with Crippen LogP contribution in [0.3, 0.4) is 0 Å². The van der Waals surface area contributed by atoms with E-state index in [1.54, 1.807) is 0 Å². The Kier molecular flexibility index (Phi) is 5.00. The van der Waals surface area contributed by atoms with E-state index in [9.17, 15) is 14.2 Å². The number of hydrogen-bond acceptors (Lipinski definition) is 5. The van der Waals surface area contributed by atoms with Crippen LogP contribution in [0.2, 0.25) is 0 Å². The summed E-state index contributed by atoms with van der Waals surface area (Å²) < 4.78 is 16.7. The molecule has 9 nitrogen and oxygen atoms in total. The molecule has 0 aromatic carbocycles. The Morgan fingerprint density at radius 2 is 2.11 bits per heavy atom. The first-order valence-corrected chi connectivity index (χ1v) is 6.72. The van der Waals surface area contributed by atoms with Gasteiger partial charge in [0.2, 0.25) is 0 Å². The highest BCUT2D eigenvalue weighted by molar-refractivity contribution is 7.51. The summed E-state index contributed by atoms with van der Waals surface area (Å²) in [4.78, 5) is 42.0. The number of aromatic amines is 1. The molecule has 1 aromatic heterocycles. The third-order valence-electron chi connectivity index (χ3n) is 1.96. The Hall–Kier alpha value is -1.25. The molecule has 0 unspecified atom stereocenters. The summed E-state index contributed by atoms with van der Waals surface area (Å²) in [5.41, 5.74) is -1.48. The highest BCUT2D eigenvalue weighted by atomic mass is 31.2. The smallest absolute Gasteiger partial charge is 0.330 e. The third-order valence-corrected chi connectivity index (χ3v) is 2.74. The molecule has 1 heterocycles. The normalized spacial score (nSPS) is 13.5. The molecule has 0 saturated carbocycles. The Balaban J connectivity index is 3.05. The van der Waals surface area contributed by atoms with E-state index >= 15 is 0 Å². The summed E-state index contributed by atoms with van der Waals surface area (Å²) in [6.45, 7) is -0.563. The van der Waals surface area contributed by atoms with Gasteiger partial charge in [0.25, 0.3) is 5.56 Å². The van der Waals surface area contributed by atoms with Crippen LogP contribution in [-0.2, 0) is 9.30 Å². The van der Waals surface area contributed by atoms with Crippen LogP contribution in [0.1, 0.15) is 6.23 Å². The number of nitrogens with one attached hydrogen (secondary N) is 1. The van der Waals surface area contributed by atoms with Crippen LogP contribution in [-0.4, -0.2) is 43.8 Å². The highest BCUT2D eigenvalue weighted by Crippen LogP contribution is 2.38. The molecule has 102 valence electrons. The van der Waals surface area contributed by atoms with Crippen LogP contribution in [0.25, 0.3) is 0 Å². The number of aliphatic hydroxyl groups excluding tert-OH is 1. The zero-order valence-corrected chi connectivity index (χ0v) is 10.1. The Morgan fingerprint density at radius 3 is 2.61 bits per heavy atom. The summed E-state index contributed by atoms with van der Waals surface area (Å²) >= 11 is 0. The minimum Gasteiger partial charge on any atom is -0.394 e. The van der Waals surface area contributed by atoms with Crippen LogP contribution >= 0.6 is 7.60 Å². The van der Waals surface area contributed by atoms with E-state index in [1.165, 1.54) is 0 Å². The van der Waals surface area contributed by atoms with Crippen molar-refractivity contribution in [3.63, 3.8) is 0 Å². The molecule has 0 aliphatic carbocycles. The number of aliphatic hydroxyl groups is 1. The predicted molar refractivity (Wildman–Crippen MR) is 60.3 cm³/mol. The van der Waals surface area contributed by atoms with Crippen molar-refractivity contribution in [1.82, 2.24) is 9.55 Å². The zero-order valence-electron chi connectivity index (χ0n) is 9.22. The van der Waals surface area contributed by atoms with Gasteiger partial charge in [0.05, 0.1) is 19.4 Å². The van der Waals surface area contributed by atoms with Crippen LogP contribution in [0.15, 0.2) is 21.9 Å². The molecule has 0 amide bonds. The van der Waals surface area contributed by atoms with E-state index in [4.69, 9.17) is 19.6 Å². The average Bonchev–Trinajstić information content (AvgIpc) is 2.23. The summed E-state index contributed by atoms with van der Waals surface area (Å²) in [5, 5.41) is 8.61. The lowest BCUT2D eigenvalue weighted by Crippen LogP contribution is -2.34. The number of nitrogens with zero attached hydrogens (tertiary/aromatic N) is 1. The largest absolute Gasteiger partial charge is 0.394 e. The maximum atomic E-state index is 11.4. The van der Waals surface area contributed by atoms with E-state index in [0.29, 0.717) is 0 Å². The minimum atomic E-state index is -4.42. The molecule has 1 atom stereocenters. The number of ether oxygens (including phenoxy) is 1. The van der Waals surface area contributed by atoms with E-state index in [1.807, 2.05) is 4.98 Å². The first-order chi connectivity index (χ1) is 8.33. The standard InChI is InChI=1S/C8H13N2O7P/c11-3-4-17-7(5-18(14,15)16)10-2-1-6(12)9-8(10)13/h1-2,7,11H,3-5H2,(H,9,12,13)(H2,14,15,16)/t7-/m1/s1. The first-order valence-electron chi connectivity index (χ1n) is 4.92. The van der Waals surface area contributed by atoms with Crippen molar-refractivity contribution in [2.24, 2.45) is 0 Å². The number of hydrogen-bond donors (Lipinski definition) is 4. The van der Waals surface area contributed by atoms with Crippen molar-refractivity contribution in [3.8, 4) is 0 Å².